The molecule has 1 aliphatic rings. The molecule has 2 rings (SSSR count). The minimum atomic E-state index is -0.326. The molecule has 19 heavy (non-hydrogen) atoms. The molecule has 1 saturated carbocycles. The summed E-state index contributed by atoms with van der Waals surface area (Å²) in [5.74, 6) is -0.0514. The fraction of sp³-hybridized carbons (Fsp3) is 0.600. The lowest BCUT2D eigenvalue weighted by Crippen LogP contribution is -2.36. The first-order valence-electron chi connectivity index (χ1n) is 6.87. The molecule has 4 heteroatoms. The number of halogens is 1. The van der Waals surface area contributed by atoms with Crippen LogP contribution in [0.1, 0.15) is 44.2 Å². The summed E-state index contributed by atoms with van der Waals surface area (Å²) in [7, 11) is 1.47. The Kier molecular flexibility index (Phi) is 4.77. The average Bonchev–Trinajstić information content (AvgIpc) is 2.41. The van der Waals surface area contributed by atoms with Crippen LogP contribution in [0.4, 0.5) is 4.39 Å². The Morgan fingerprint density at radius 3 is 2.58 bits per heavy atom. The van der Waals surface area contributed by atoms with E-state index in [1.165, 1.54) is 13.2 Å². The van der Waals surface area contributed by atoms with Crippen molar-refractivity contribution in [1.82, 2.24) is 5.32 Å². The molecule has 0 radical (unpaired) electrons. The maximum absolute atomic E-state index is 13.7. The third kappa shape index (κ3) is 3.67. The summed E-state index contributed by atoms with van der Waals surface area (Å²) < 4.78 is 18.6. The molecule has 1 fully saturated rings. The molecular weight excluding hydrogens is 245 g/mol. The van der Waals surface area contributed by atoms with Gasteiger partial charge in [-0.05, 0) is 50.3 Å². The molecule has 1 atom stereocenters. The first-order valence-corrected chi connectivity index (χ1v) is 6.87. The van der Waals surface area contributed by atoms with Gasteiger partial charge in [0.2, 0.25) is 0 Å². The van der Waals surface area contributed by atoms with Gasteiger partial charge >= 0.3 is 0 Å². The van der Waals surface area contributed by atoms with E-state index in [0.29, 0.717) is 6.04 Å². The smallest absolute Gasteiger partial charge is 0.165 e. The van der Waals surface area contributed by atoms with Gasteiger partial charge in [-0.15, -0.1) is 0 Å². The zero-order valence-corrected chi connectivity index (χ0v) is 11.5. The normalized spacial score (nSPS) is 25.1. The molecule has 0 heterocycles. The second kappa shape index (κ2) is 6.35. The van der Waals surface area contributed by atoms with Crippen LogP contribution in [0, 0.1) is 5.82 Å². The standard InChI is InChI=1S/C15H22FNO2/c1-10(17-12-4-6-13(18)7-5-12)11-3-8-15(19-2)14(16)9-11/h3,8-10,12-13,17-18H,4-7H2,1-2H3/t10-,12?,13?/m1/s1. The number of hydrogen-bond acceptors (Lipinski definition) is 3. The topological polar surface area (TPSA) is 41.5 Å². The van der Waals surface area contributed by atoms with Crippen molar-refractivity contribution in [2.45, 2.75) is 50.8 Å². The van der Waals surface area contributed by atoms with Crippen LogP contribution in [-0.4, -0.2) is 24.4 Å². The van der Waals surface area contributed by atoms with Crippen LogP contribution in [0.3, 0.4) is 0 Å². The van der Waals surface area contributed by atoms with Crippen LogP contribution in [0.25, 0.3) is 0 Å². The SMILES string of the molecule is COc1ccc([C@@H](C)NC2CCC(O)CC2)cc1F. The summed E-state index contributed by atoms with van der Waals surface area (Å²) in [4.78, 5) is 0. The summed E-state index contributed by atoms with van der Waals surface area (Å²) in [6.45, 7) is 2.03. The molecular formula is C15H22FNO2. The predicted octanol–water partition coefficient (Wildman–Crippen LogP) is 2.79. The first kappa shape index (κ1) is 14.3. The molecule has 0 unspecified atom stereocenters. The average molecular weight is 267 g/mol. The van der Waals surface area contributed by atoms with E-state index in [1.54, 1.807) is 6.07 Å². The van der Waals surface area contributed by atoms with Gasteiger partial charge in [0.1, 0.15) is 0 Å². The Balaban J connectivity index is 1.96. The van der Waals surface area contributed by atoms with Crippen LogP contribution < -0.4 is 10.1 Å². The van der Waals surface area contributed by atoms with Crippen molar-refractivity contribution in [1.29, 1.82) is 0 Å². The van der Waals surface area contributed by atoms with Crippen LogP contribution in [-0.2, 0) is 0 Å². The summed E-state index contributed by atoms with van der Waals surface area (Å²) in [5.41, 5.74) is 0.921. The fourth-order valence-electron chi connectivity index (χ4n) is 2.64. The largest absolute Gasteiger partial charge is 0.494 e. The van der Waals surface area contributed by atoms with Crippen molar-refractivity contribution >= 4 is 0 Å². The van der Waals surface area contributed by atoms with Crippen LogP contribution in [0.2, 0.25) is 0 Å². The number of ether oxygens (including phenoxy) is 1. The van der Waals surface area contributed by atoms with Crippen molar-refractivity contribution in [3.05, 3.63) is 29.6 Å². The highest BCUT2D eigenvalue weighted by Crippen LogP contribution is 2.24. The van der Waals surface area contributed by atoms with E-state index in [2.05, 4.69) is 5.32 Å². The van der Waals surface area contributed by atoms with E-state index in [9.17, 15) is 9.50 Å². The van der Waals surface area contributed by atoms with E-state index in [4.69, 9.17) is 4.74 Å². The van der Waals surface area contributed by atoms with Gasteiger partial charge in [0.25, 0.3) is 0 Å². The maximum atomic E-state index is 13.7. The lowest BCUT2D eigenvalue weighted by molar-refractivity contribution is 0.114. The summed E-state index contributed by atoms with van der Waals surface area (Å²) in [6.07, 6.45) is 3.50. The fourth-order valence-corrected chi connectivity index (χ4v) is 2.64. The number of hydrogen-bond donors (Lipinski definition) is 2. The molecule has 1 aromatic rings. The molecule has 2 N–H and O–H groups in total. The lowest BCUT2D eigenvalue weighted by atomic mass is 9.92. The highest BCUT2D eigenvalue weighted by molar-refractivity contribution is 5.30. The van der Waals surface area contributed by atoms with Crippen molar-refractivity contribution in [2.75, 3.05) is 7.11 Å². The number of benzene rings is 1. The molecule has 0 amide bonds. The van der Waals surface area contributed by atoms with Crippen molar-refractivity contribution in [2.24, 2.45) is 0 Å². The number of rotatable bonds is 4. The van der Waals surface area contributed by atoms with Gasteiger partial charge in [0.05, 0.1) is 13.2 Å². The molecule has 0 bridgehead atoms. The third-order valence-corrected chi connectivity index (χ3v) is 3.86. The number of aliphatic hydroxyl groups is 1. The molecule has 1 aromatic carbocycles. The number of nitrogens with one attached hydrogen (secondary N) is 1. The van der Waals surface area contributed by atoms with Gasteiger partial charge in [0.15, 0.2) is 11.6 Å². The Morgan fingerprint density at radius 1 is 1.32 bits per heavy atom. The van der Waals surface area contributed by atoms with E-state index in [0.717, 1.165) is 31.2 Å². The zero-order valence-electron chi connectivity index (χ0n) is 11.5. The first-order chi connectivity index (χ1) is 9.10. The lowest BCUT2D eigenvalue weighted by Gasteiger charge is -2.29. The third-order valence-electron chi connectivity index (χ3n) is 3.86. The van der Waals surface area contributed by atoms with E-state index >= 15 is 0 Å². The minimum absolute atomic E-state index is 0.0978. The van der Waals surface area contributed by atoms with Gasteiger partial charge in [-0.3, -0.25) is 0 Å². The van der Waals surface area contributed by atoms with Gasteiger partial charge in [0, 0.05) is 12.1 Å². The van der Waals surface area contributed by atoms with Crippen LogP contribution in [0.15, 0.2) is 18.2 Å². The monoisotopic (exact) mass is 267 g/mol. The summed E-state index contributed by atoms with van der Waals surface area (Å²) in [5, 5.41) is 13.0. The summed E-state index contributed by atoms with van der Waals surface area (Å²) in [6, 6.07) is 5.57. The van der Waals surface area contributed by atoms with Gasteiger partial charge in [-0.2, -0.15) is 0 Å². The Hall–Kier alpha value is -1.13. The highest BCUT2D eigenvalue weighted by Gasteiger charge is 2.21. The van der Waals surface area contributed by atoms with Crippen molar-refractivity contribution in [3.63, 3.8) is 0 Å². The van der Waals surface area contributed by atoms with Crippen LogP contribution >= 0.6 is 0 Å². The molecule has 106 valence electrons. The molecule has 0 aliphatic heterocycles. The van der Waals surface area contributed by atoms with Gasteiger partial charge in [-0.25, -0.2) is 4.39 Å². The Morgan fingerprint density at radius 2 is 2.00 bits per heavy atom. The second-order valence-electron chi connectivity index (χ2n) is 5.29. The Bertz CT molecular complexity index is 417. The second-order valence-corrected chi connectivity index (χ2v) is 5.29. The van der Waals surface area contributed by atoms with Crippen molar-refractivity contribution in [3.8, 4) is 5.75 Å². The summed E-state index contributed by atoms with van der Waals surface area (Å²) >= 11 is 0. The van der Waals surface area contributed by atoms with Gasteiger partial charge in [-0.1, -0.05) is 6.07 Å². The molecule has 0 saturated heterocycles. The predicted molar refractivity (Wildman–Crippen MR) is 72.8 cm³/mol. The quantitative estimate of drug-likeness (QED) is 0.881. The van der Waals surface area contributed by atoms with E-state index in [1.807, 2.05) is 13.0 Å². The number of aliphatic hydroxyl groups excluding tert-OH is 1. The molecule has 3 nitrogen and oxygen atoms in total. The molecule has 1 aliphatic carbocycles. The van der Waals surface area contributed by atoms with E-state index < -0.39 is 0 Å². The highest BCUT2D eigenvalue weighted by atomic mass is 19.1. The molecule has 0 aromatic heterocycles. The molecule has 0 spiro atoms. The minimum Gasteiger partial charge on any atom is -0.494 e. The van der Waals surface area contributed by atoms with Gasteiger partial charge < -0.3 is 15.2 Å². The maximum Gasteiger partial charge on any atom is 0.165 e. The van der Waals surface area contributed by atoms with Crippen molar-refractivity contribution < 1.29 is 14.2 Å². The number of methoxy groups -OCH3 is 1. The van der Waals surface area contributed by atoms with Crippen LogP contribution in [0.5, 0.6) is 5.75 Å². The Labute approximate surface area is 113 Å². The van der Waals surface area contributed by atoms with E-state index in [-0.39, 0.29) is 23.7 Å². The zero-order chi connectivity index (χ0) is 13.8.